The van der Waals surface area contributed by atoms with Gasteiger partial charge < -0.3 is 25.2 Å². The fourth-order valence-electron chi connectivity index (χ4n) is 8.70. The first-order valence-electron chi connectivity index (χ1n) is 14.1. The molecule has 200 valence electrons. The minimum atomic E-state index is -0.955. The maximum atomic E-state index is 13.8. The molecule has 0 spiro atoms. The normalized spacial score (nSPS) is 37.0. The highest BCUT2D eigenvalue weighted by molar-refractivity contribution is 5.96. The maximum absolute atomic E-state index is 13.8. The van der Waals surface area contributed by atoms with E-state index in [2.05, 4.69) is 5.32 Å². The summed E-state index contributed by atoms with van der Waals surface area (Å²) in [5.41, 5.74) is 1.48. The van der Waals surface area contributed by atoms with Gasteiger partial charge in [0.15, 0.2) is 0 Å². The van der Waals surface area contributed by atoms with Crippen molar-refractivity contribution < 1.29 is 24.5 Å². The fraction of sp³-hybridized carbons (Fsp3) is 0.667. The van der Waals surface area contributed by atoms with Crippen LogP contribution < -0.4 is 10.1 Å². The molecule has 3 N–H and O–H groups in total. The lowest BCUT2D eigenvalue weighted by Crippen LogP contribution is -2.60. The topological polar surface area (TPSA) is 99.1 Å². The molecule has 37 heavy (non-hydrogen) atoms. The van der Waals surface area contributed by atoms with E-state index in [4.69, 9.17) is 4.74 Å². The van der Waals surface area contributed by atoms with Gasteiger partial charge in [0.25, 0.3) is 0 Å². The highest BCUT2D eigenvalue weighted by Gasteiger charge is 2.55. The number of rotatable bonds is 7. The minimum Gasteiger partial charge on any atom is -0.486 e. The van der Waals surface area contributed by atoms with Crippen LogP contribution in [0.2, 0.25) is 0 Å². The van der Waals surface area contributed by atoms with Crippen LogP contribution in [-0.2, 0) is 9.59 Å². The Morgan fingerprint density at radius 1 is 1.11 bits per heavy atom. The third-order valence-electron chi connectivity index (χ3n) is 9.68. The second-order valence-corrected chi connectivity index (χ2v) is 12.7. The fourth-order valence-corrected chi connectivity index (χ4v) is 8.70. The zero-order valence-electron chi connectivity index (χ0n) is 21.9. The number of benzene rings is 1. The Kier molecular flexibility index (Phi) is 6.35. The van der Waals surface area contributed by atoms with Gasteiger partial charge in [0, 0.05) is 30.1 Å². The summed E-state index contributed by atoms with van der Waals surface area (Å²) in [4.78, 5) is 29.0. The minimum absolute atomic E-state index is 0.0140. The lowest BCUT2D eigenvalue weighted by molar-refractivity contribution is -0.148. The van der Waals surface area contributed by atoms with E-state index in [1.165, 1.54) is 19.3 Å². The number of ether oxygens (including phenoxy) is 1. The summed E-state index contributed by atoms with van der Waals surface area (Å²) in [6, 6.07) is 6.95. The van der Waals surface area contributed by atoms with Gasteiger partial charge in [-0.25, -0.2) is 0 Å². The highest BCUT2D eigenvalue weighted by atomic mass is 16.5. The second kappa shape index (κ2) is 9.42. The molecule has 7 nitrogen and oxygen atoms in total. The summed E-state index contributed by atoms with van der Waals surface area (Å²) < 4.78 is 6.26. The van der Waals surface area contributed by atoms with E-state index < -0.39 is 24.2 Å². The van der Waals surface area contributed by atoms with Crippen molar-refractivity contribution in [1.29, 1.82) is 0 Å². The van der Waals surface area contributed by atoms with Gasteiger partial charge in [-0.1, -0.05) is 32.0 Å². The van der Waals surface area contributed by atoms with E-state index in [1.807, 2.05) is 49.1 Å². The van der Waals surface area contributed by atoms with E-state index >= 15 is 0 Å². The summed E-state index contributed by atoms with van der Waals surface area (Å²) >= 11 is 0. The molecule has 6 aliphatic rings. The van der Waals surface area contributed by atoms with Crippen molar-refractivity contribution in [3.63, 3.8) is 0 Å². The largest absolute Gasteiger partial charge is 0.486 e. The third-order valence-corrected chi connectivity index (χ3v) is 9.68. The van der Waals surface area contributed by atoms with Gasteiger partial charge in [-0.3, -0.25) is 9.59 Å². The molecular weight excluding hydrogens is 468 g/mol. The van der Waals surface area contributed by atoms with Crippen molar-refractivity contribution in [3.05, 3.63) is 41.5 Å². The predicted molar refractivity (Wildman–Crippen MR) is 139 cm³/mol. The van der Waals surface area contributed by atoms with Crippen LogP contribution in [0.3, 0.4) is 0 Å². The van der Waals surface area contributed by atoms with E-state index in [0.29, 0.717) is 17.9 Å². The van der Waals surface area contributed by atoms with Crippen molar-refractivity contribution >= 4 is 11.8 Å². The lowest BCUT2D eigenvalue weighted by atomic mass is 9.49. The first kappa shape index (κ1) is 24.9. The second-order valence-electron chi connectivity index (χ2n) is 12.7. The number of fused-ring (bicyclic) bond motifs is 3. The van der Waals surface area contributed by atoms with Crippen molar-refractivity contribution in [2.45, 2.75) is 76.5 Å². The number of carbonyl (C=O) groups excluding carboxylic acids is 2. The molecule has 4 fully saturated rings. The van der Waals surface area contributed by atoms with Gasteiger partial charge in [-0.05, 0) is 73.8 Å². The number of nitrogens with one attached hydrogen (secondary N) is 1. The lowest BCUT2D eigenvalue weighted by Gasteiger charge is -2.58. The summed E-state index contributed by atoms with van der Waals surface area (Å²) in [6.07, 6.45) is 7.67. The zero-order valence-corrected chi connectivity index (χ0v) is 21.9. The summed E-state index contributed by atoms with van der Waals surface area (Å²) in [5, 5.41) is 23.9. The number of hydrogen-bond donors (Lipinski definition) is 3. The molecule has 0 radical (unpaired) electrons. The Labute approximate surface area is 219 Å². The quantitative estimate of drug-likeness (QED) is 0.526. The number of amides is 2. The van der Waals surface area contributed by atoms with E-state index in [9.17, 15) is 19.8 Å². The first-order valence-corrected chi connectivity index (χ1v) is 14.1. The summed E-state index contributed by atoms with van der Waals surface area (Å²) in [6.45, 7) is 4.43. The van der Waals surface area contributed by atoms with Crippen LogP contribution in [0.15, 0.2) is 35.9 Å². The van der Waals surface area contributed by atoms with Gasteiger partial charge in [0.1, 0.15) is 18.0 Å². The monoisotopic (exact) mass is 508 g/mol. The molecule has 2 amide bonds. The smallest absolute Gasteiger partial charge is 0.247 e. The average molecular weight is 509 g/mol. The Balaban J connectivity index is 1.38. The van der Waals surface area contributed by atoms with Crippen LogP contribution in [0.5, 0.6) is 5.75 Å². The Morgan fingerprint density at radius 2 is 1.76 bits per heavy atom. The standard InChI is InChI=1S/C30H40N2O5/c1-17(2)29(36)32(16-30-13-18-9-19(14-30)11-20(10-18)15-30)23-12-22(28(35)31-7-8-33)25-21-5-3-4-6-24(21)37-27(25)26(23)34/h3-6,12,17-20,23,25-27,33-34H,7-11,13-16H2,1-2H3,(H,31,35)/t18?,19?,20?,23-,25+,26+,27+,30?/m1/s1. The number of para-hydroxylation sites is 1. The molecule has 4 bridgehead atoms. The van der Waals surface area contributed by atoms with E-state index in [-0.39, 0.29) is 36.3 Å². The van der Waals surface area contributed by atoms with Crippen molar-refractivity contribution in [3.8, 4) is 5.75 Å². The molecule has 1 aromatic carbocycles. The Hall–Kier alpha value is -2.38. The van der Waals surface area contributed by atoms with E-state index in [0.717, 1.165) is 42.6 Å². The Bertz CT molecular complexity index is 1060. The molecule has 1 aliphatic heterocycles. The van der Waals surface area contributed by atoms with Crippen LogP contribution in [0.4, 0.5) is 0 Å². The van der Waals surface area contributed by atoms with Crippen molar-refractivity contribution in [2.24, 2.45) is 29.1 Å². The average Bonchev–Trinajstić information content (AvgIpc) is 3.25. The number of hydrogen-bond acceptors (Lipinski definition) is 5. The number of carbonyl (C=O) groups is 2. The van der Waals surface area contributed by atoms with Gasteiger partial charge in [0.05, 0.1) is 18.6 Å². The molecule has 4 atom stereocenters. The molecule has 0 saturated heterocycles. The molecule has 1 aromatic rings. The molecule has 0 unspecified atom stereocenters. The molecule has 4 saturated carbocycles. The van der Waals surface area contributed by atoms with Crippen molar-refractivity contribution in [1.82, 2.24) is 10.2 Å². The number of nitrogens with zero attached hydrogens (tertiary/aromatic N) is 1. The van der Waals surface area contributed by atoms with E-state index in [1.54, 1.807) is 0 Å². The molecule has 1 heterocycles. The van der Waals surface area contributed by atoms with Crippen LogP contribution in [0.25, 0.3) is 0 Å². The summed E-state index contributed by atoms with van der Waals surface area (Å²) in [7, 11) is 0. The molecular formula is C30H40N2O5. The van der Waals surface area contributed by atoms with Gasteiger partial charge in [-0.2, -0.15) is 0 Å². The number of aliphatic hydroxyl groups excluding tert-OH is 2. The highest BCUT2D eigenvalue weighted by Crippen LogP contribution is 2.60. The van der Waals surface area contributed by atoms with Crippen LogP contribution in [-0.4, -0.2) is 64.9 Å². The molecule has 7 rings (SSSR count). The molecule has 7 heteroatoms. The maximum Gasteiger partial charge on any atom is 0.247 e. The third kappa shape index (κ3) is 4.28. The van der Waals surface area contributed by atoms with Crippen LogP contribution in [0, 0.1) is 29.1 Å². The zero-order chi connectivity index (χ0) is 25.9. The van der Waals surface area contributed by atoms with Crippen LogP contribution >= 0.6 is 0 Å². The first-order chi connectivity index (χ1) is 17.8. The summed E-state index contributed by atoms with van der Waals surface area (Å²) in [5.74, 6) is 2.02. The van der Waals surface area contributed by atoms with Crippen molar-refractivity contribution in [2.75, 3.05) is 19.7 Å². The van der Waals surface area contributed by atoms with Gasteiger partial charge in [0.2, 0.25) is 11.8 Å². The van der Waals surface area contributed by atoms with Crippen LogP contribution in [0.1, 0.15) is 63.9 Å². The molecule has 0 aromatic heterocycles. The van der Waals surface area contributed by atoms with Gasteiger partial charge >= 0.3 is 0 Å². The predicted octanol–water partition coefficient (Wildman–Crippen LogP) is 3.01. The SMILES string of the molecule is CC(C)C(=O)N(CC12CC3CC(CC(C3)C1)C2)[C@@H]1C=C(C(=O)NCCO)[C@@H]2c3ccccc3O[C@@H]2[C@H]1O. The molecule has 5 aliphatic carbocycles. The van der Waals surface area contributed by atoms with Gasteiger partial charge in [-0.15, -0.1) is 0 Å². The number of aliphatic hydroxyl groups is 2. The Morgan fingerprint density at radius 3 is 2.38 bits per heavy atom.